The summed E-state index contributed by atoms with van der Waals surface area (Å²) in [4.78, 5) is 28.7. The van der Waals surface area contributed by atoms with Crippen LogP contribution in [0.2, 0.25) is 0 Å². The van der Waals surface area contributed by atoms with Crippen molar-refractivity contribution >= 4 is 40.2 Å². The van der Waals surface area contributed by atoms with E-state index in [1.54, 1.807) is 9.80 Å². The number of carbonyl (C=O) groups is 1. The highest BCUT2D eigenvalue weighted by Crippen LogP contribution is 2.42. The molecule has 3 aromatic rings. The van der Waals surface area contributed by atoms with E-state index < -0.39 is 29.9 Å². The van der Waals surface area contributed by atoms with Gasteiger partial charge < -0.3 is 18.9 Å². The van der Waals surface area contributed by atoms with Crippen LogP contribution in [0.3, 0.4) is 0 Å². The maximum atomic E-state index is 14.9. The topological polar surface area (TPSA) is 88.8 Å². The Morgan fingerprint density at radius 3 is 2.57 bits per heavy atom. The van der Waals surface area contributed by atoms with Crippen molar-refractivity contribution in [2.75, 3.05) is 49.6 Å². The second-order valence-corrected chi connectivity index (χ2v) is 14.5. The number of aromatic nitrogens is 2. The molecule has 6 rings (SSSR count). The summed E-state index contributed by atoms with van der Waals surface area (Å²) in [7, 11) is 2.01. The number of nitriles is 1. The van der Waals surface area contributed by atoms with E-state index >= 15 is 0 Å². The molecule has 2 fully saturated rings. The van der Waals surface area contributed by atoms with E-state index in [4.69, 9.17) is 14.2 Å². The van der Waals surface area contributed by atoms with E-state index in [1.807, 2.05) is 50.4 Å². The molecule has 49 heavy (non-hydrogen) atoms. The molecule has 2 saturated heterocycles. The maximum absolute atomic E-state index is 14.9. The molecule has 1 aromatic heterocycles. The first kappa shape index (κ1) is 34.8. The van der Waals surface area contributed by atoms with Gasteiger partial charge in [-0.05, 0) is 63.7 Å². The second kappa shape index (κ2) is 13.7. The number of benzene rings is 2. The highest BCUT2D eigenvalue weighted by atomic mass is 32.2. The molecule has 1 unspecified atom stereocenters. The molecule has 14 heteroatoms. The van der Waals surface area contributed by atoms with Crippen molar-refractivity contribution in [1.82, 2.24) is 19.8 Å². The number of halogens is 4. The summed E-state index contributed by atoms with van der Waals surface area (Å²) in [6, 6.07) is 12.8. The van der Waals surface area contributed by atoms with Gasteiger partial charge in [-0.3, -0.25) is 9.69 Å². The van der Waals surface area contributed by atoms with Gasteiger partial charge in [0.05, 0.1) is 48.7 Å². The zero-order valence-electron chi connectivity index (χ0n) is 27.8. The van der Waals surface area contributed by atoms with E-state index in [2.05, 4.69) is 24.5 Å². The lowest BCUT2D eigenvalue weighted by molar-refractivity contribution is -0.171. The molecule has 9 nitrogen and oxygen atoms in total. The SMILES string of the molecule is C=C(F)C(=O)N1CCN(c2nc(OSC3(C)CCCN3C)nc3c2C[C@H](C(F)(F)F)CN(c2cccc4cccc(C)c24)C3)C[C@@H]1CC#N. The molecule has 2 aromatic carbocycles. The molecular weight excluding hydrogens is 658 g/mol. The average molecular weight is 698 g/mol. The molecule has 260 valence electrons. The van der Waals surface area contributed by atoms with Crippen molar-refractivity contribution in [3.8, 4) is 12.1 Å². The molecule has 3 aliphatic heterocycles. The minimum absolute atomic E-state index is 0.0206. The van der Waals surface area contributed by atoms with Crippen molar-refractivity contribution in [3.63, 3.8) is 0 Å². The van der Waals surface area contributed by atoms with Crippen molar-refractivity contribution in [2.24, 2.45) is 5.92 Å². The predicted molar refractivity (Wildman–Crippen MR) is 182 cm³/mol. The summed E-state index contributed by atoms with van der Waals surface area (Å²) in [6.07, 6.45) is -3.14. The Kier molecular flexibility index (Phi) is 9.70. The maximum Gasteiger partial charge on any atom is 0.393 e. The normalized spacial score (nSPS) is 23.3. The number of nitrogens with zero attached hydrogens (tertiary/aromatic N) is 7. The van der Waals surface area contributed by atoms with Gasteiger partial charge in [0.15, 0.2) is 5.83 Å². The van der Waals surface area contributed by atoms with Gasteiger partial charge in [-0.1, -0.05) is 36.9 Å². The molecule has 1 amide bonds. The summed E-state index contributed by atoms with van der Waals surface area (Å²) in [5, 5.41) is 11.4. The van der Waals surface area contributed by atoms with Crippen LogP contribution >= 0.6 is 12.0 Å². The lowest BCUT2D eigenvalue weighted by Gasteiger charge is -2.41. The highest BCUT2D eigenvalue weighted by Gasteiger charge is 2.45. The monoisotopic (exact) mass is 697 g/mol. The predicted octanol–water partition coefficient (Wildman–Crippen LogP) is 6.56. The van der Waals surface area contributed by atoms with Gasteiger partial charge in [0.25, 0.3) is 5.91 Å². The van der Waals surface area contributed by atoms with Crippen LogP contribution in [0, 0.1) is 24.2 Å². The molecule has 4 heterocycles. The molecule has 0 aliphatic carbocycles. The Labute approximate surface area is 287 Å². The number of aryl methyl sites for hydroxylation is 1. The van der Waals surface area contributed by atoms with E-state index in [0.717, 1.165) is 35.7 Å². The number of hydrogen-bond donors (Lipinski definition) is 0. The van der Waals surface area contributed by atoms with E-state index in [1.165, 1.54) is 16.9 Å². The Morgan fingerprint density at radius 2 is 1.90 bits per heavy atom. The first-order valence-electron chi connectivity index (χ1n) is 16.3. The lowest BCUT2D eigenvalue weighted by Crippen LogP contribution is -2.55. The van der Waals surface area contributed by atoms with Crippen LogP contribution in [0.4, 0.5) is 29.1 Å². The Bertz CT molecular complexity index is 1790. The van der Waals surface area contributed by atoms with Gasteiger partial charge >= 0.3 is 12.2 Å². The van der Waals surface area contributed by atoms with Gasteiger partial charge in [-0.15, -0.1) is 0 Å². The Balaban J connectivity index is 1.46. The Morgan fingerprint density at radius 1 is 1.14 bits per heavy atom. The van der Waals surface area contributed by atoms with Gasteiger partial charge in [-0.2, -0.15) is 28.4 Å². The molecular formula is C35H39F4N7O2S. The molecule has 0 spiro atoms. The molecule has 0 N–H and O–H groups in total. The summed E-state index contributed by atoms with van der Waals surface area (Å²) in [6.45, 7) is 8.06. The minimum Gasteiger partial charge on any atom is -0.387 e. The summed E-state index contributed by atoms with van der Waals surface area (Å²) in [5.74, 6) is -3.52. The third-order valence-corrected chi connectivity index (χ3v) is 11.1. The zero-order valence-corrected chi connectivity index (χ0v) is 28.6. The second-order valence-electron chi connectivity index (χ2n) is 13.3. The number of anilines is 2. The van der Waals surface area contributed by atoms with Gasteiger partial charge in [-0.25, -0.2) is 4.39 Å². The third-order valence-electron chi connectivity index (χ3n) is 10.0. The van der Waals surface area contributed by atoms with Crippen molar-refractivity contribution in [3.05, 3.63) is 65.6 Å². The van der Waals surface area contributed by atoms with Gasteiger partial charge in [0.1, 0.15) is 10.7 Å². The number of piperazine rings is 1. The van der Waals surface area contributed by atoms with Crippen LogP contribution in [0.25, 0.3) is 10.8 Å². The van der Waals surface area contributed by atoms with Crippen LogP contribution in [0.15, 0.2) is 48.8 Å². The van der Waals surface area contributed by atoms with Crippen LogP contribution in [0.1, 0.15) is 43.0 Å². The fraction of sp³-hybridized carbons (Fsp3) is 0.486. The van der Waals surface area contributed by atoms with Crippen LogP contribution < -0.4 is 14.0 Å². The largest absolute Gasteiger partial charge is 0.393 e. The first-order chi connectivity index (χ1) is 23.3. The summed E-state index contributed by atoms with van der Waals surface area (Å²) in [5.41, 5.74) is 2.39. The fourth-order valence-corrected chi connectivity index (χ4v) is 7.96. The van der Waals surface area contributed by atoms with Crippen molar-refractivity contribution in [1.29, 1.82) is 5.26 Å². The highest BCUT2D eigenvalue weighted by molar-refractivity contribution is 7.96. The number of amides is 1. The number of carbonyl (C=O) groups excluding carboxylic acids is 1. The van der Waals surface area contributed by atoms with Crippen molar-refractivity contribution in [2.45, 2.75) is 63.2 Å². The van der Waals surface area contributed by atoms with Gasteiger partial charge in [0.2, 0.25) is 0 Å². The zero-order chi connectivity index (χ0) is 35.1. The standard InChI is InChI=1S/C35H39F4N7O2S/c1-22-8-5-9-24-10-6-11-29(30(22)24)45-19-25(35(37,38)39)18-27-28(21-45)41-33(48-49-34(3)13-7-15-43(34)4)42-31(27)44-16-17-46(32(47)23(2)36)26(20-44)12-14-40/h5-6,8-11,25-26H,2,7,12-13,15-21H2,1,3-4H3/t25-,26-,34?/m0/s1. The number of hydrogen-bond acceptors (Lipinski definition) is 9. The quantitative estimate of drug-likeness (QED) is 0.155. The molecule has 3 atom stereocenters. The smallest absolute Gasteiger partial charge is 0.387 e. The summed E-state index contributed by atoms with van der Waals surface area (Å²) >= 11 is 1.22. The average Bonchev–Trinajstić information content (AvgIpc) is 3.26. The number of fused-ring (bicyclic) bond motifs is 2. The number of alkyl halides is 3. The molecule has 0 saturated carbocycles. The van der Waals surface area contributed by atoms with Crippen LogP contribution in [-0.2, 0) is 17.8 Å². The van der Waals surface area contributed by atoms with Crippen LogP contribution in [0.5, 0.6) is 6.01 Å². The lowest BCUT2D eigenvalue weighted by atomic mass is 9.98. The van der Waals surface area contributed by atoms with Crippen molar-refractivity contribution < 1.29 is 26.5 Å². The Hall–Kier alpha value is -4.09. The van der Waals surface area contributed by atoms with E-state index in [-0.39, 0.29) is 62.3 Å². The van der Waals surface area contributed by atoms with E-state index in [9.17, 15) is 27.6 Å². The minimum atomic E-state index is -4.53. The number of likely N-dealkylation sites (tertiary alicyclic amines) is 1. The summed E-state index contributed by atoms with van der Waals surface area (Å²) < 4.78 is 64.7. The van der Waals surface area contributed by atoms with E-state index in [0.29, 0.717) is 16.9 Å². The number of rotatable bonds is 7. The molecule has 3 aliphatic rings. The first-order valence-corrected chi connectivity index (χ1v) is 17.1. The van der Waals surface area contributed by atoms with Gasteiger partial charge in [0, 0.05) is 42.8 Å². The molecule has 0 bridgehead atoms. The fourth-order valence-electron chi connectivity index (χ4n) is 7.18. The third kappa shape index (κ3) is 7.01. The van der Waals surface area contributed by atoms with Crippen LogP contribution in [-0.4, -0.2) is 82.5 Å². The molecule has 0 radical (unpaired) electrons.